The van der Waals surface area contributed by atoms with Crippen LogP contribution in [0.25, 0.3) is 0 Å². The highest BCUT2D eigenvalue weighted by Crippen LogP contribution is 2.21. The number of hydrogen-bond acceptors (Lipinski definition) is 5. The first-order valence-corrected chi connectivity index (χ1v) is 10.3. The molecule has 1 aromatic rings. The number of sulfonamides is 1. The molecule has 1 fully saturated rings. The van der Waals surface area contributed by atoms with Crippen molar-refractivity contribution in [3.05, 3.63) is 29.8 Å². The average molecular weight is 382 g/mol. The van der Waals surface area contributed by atoms with Crippen molar-refractivity contribution in [2.24, 2.45) is 5.73 Å². The summed E-state index contributed by atoms with van der Waals surface area (Å²) >= 11 is 0. The van der Waals surface area contributed by atoms with Crippen LogP contribution in [0.4, 0.5) is 0 Å². The molecule has 0 radical (unpaired) electrons. The number of esters is 1. The van der Waals surface area contributed by atoms with Crippen LogP contribution in [-0.4, -0.2) is 43.8 Å². The van der Waals surface area contributed by atoms with Gasteiger partial charge in [-0.15, -0.1) is 0 Å². The zero-order chi connectivity index (χ0) is 19.2. The molecule has 1 saturated heterocycles. The third-order valence-electron chi connectivity index (χ3n) is 4.45. The summed E-state index contributed by atoms with van der Waals surface area (Å²) in [5.74, 6) is -1.21. The molecule has 26 heavy (non-hydrogen) atoms. The molecule has 1 aliphatic heterocycles. The molecule has 144 valence electrons. The Morgan fingerprint density at radius 1 is 1.12 bits per heavy atom. The van der Waals surface area contributed by atoms with E-state index in [1.54, 1.807) is 28.6 Å². The summed E-state index contributed by atoms with van der Waals surface area (Å²) in [7, 11) is -3.47. The number of hydrogen-bond donors (Lipinski definition) is 1. The minimum atomic E-state index is -3.47. The van der Waals surface area contributed by atoms with Gasteiger partial charge in [-0.2, -0.15) is 4.31 Å². The van der Waals surface area contributed by atoms with Crippen LogP contribution in [0.15, 0.2) is 29.2 Å². The highest BCUT2D eigenvalue weighted by Gasteiger charge is 2.25. The molecular weight excluding hydrogens is 356 g/mol. The van der Waals surface area contributed by atoms with Crippen molar-refractivity contribution >= 4 is 21.9 Å². The second-order valence-corrected chi connectivity index (χ2v) is 8.43. The van der Waals surface area contributed by atoms with Crippen molar-refractivity contribution in [2.45, 2.75) is 56.4 Å². The van der Waals surface area contributed by atoms with Gasteiger partial charge in [-0.1, -0.05) is 25.0 Å². The van der Waals surface area contributed by atoms with Gasteiger partial charge < -0.3 is 10.5 Å². The van der Waals surface area contributed by atoms with Crippen molar-refractivity contribution in [3.63, 3.8) is 0 Å². The molecule has 7 nitrogen and oxygen atoms in total. The number of carbonyl (C=O) groups is 2. The Hall–Kier alpha value is -1.93. The number of aryl methyl sites for hydroxylation is 1. The Labute approximate surface area is 154 Å². The summed E-state index contributed by atoms with van der Waals surface area (Å²) in [6, 6.07) is 6.56. The number of nitrogens with two attached hydrogens (primary N) is 1. The zero-order valence-corrected chi connectivity index (χ0v) is 15.8. The smallest absolute Gasteiger partial charge is 0.306 e. The molecule has 1 unspecified atom stereocenters. The van der Waals surface area contributed by atoms with Gasteiger partial charge in [-0.05, 0) is 43.9 Å². The van der Waals surface area contributed by atoms with Gasteiger partial charge in [0.25, 0.3) is 5.91 Å². The van der Waals surface area contributed by atoms with E-state index in [0.717, 1.165) is 31.2 Å². The van der Waals surface area contributed by atoms with Crippen LogP contribution in [0.1, 0.15) is 44.6 Å². The quantitative estimate of drug-likeness (QED) is 0.721. The van der Waals surface area contributed by atoms with E-state index in [-0.39, 0.29) is 11.3 Å². The largest absolute Gasteiger partial charge is 0.453 e. The van der Waals surface area contributed by atoms with Gasteiger partial charge in [0.1, 0.15) is 0 Å². The average Bonchev–Trinajstić information content (AvgIpc) is 2.90. The highest BCUT2D eigenvalue weighted by atomic mass is 32.2. The third-order valence-corrected chi connectivity index (χ3v) is 6.37. The molecule has 0 saturated carbocycles. The van der Waals surface area contributed by atoms with Crippen LogP contribution in [0.3, 0.4) is 0 Å². The summed E-state index contributed by atoms with van der Waals surface area (Å²) in [6.07, 6.45) is 3.45. The van der Waals surface area contributed by atoms with E-state index in [0.29, 0.717) is 19.5 Å². The van der Waals surface area contributed by atoms with Gasteiger partial charge in [0.05, 0.1) is 4.90 Å². The highest BCUT2D eigenvalue weighted by molar-refractivity contribution is 7.89. The summed E-state index contributed by atoms with van der Waals surface area (Å²) < 4.78 is 31.9. The monoisotopic (exact) mass is 382 g/mol. The molecule has 8 heteroatoms. The van der Waals surface area contributed by atoms with E-state index in [4.69, 9.17) is 10.5 Å². The van der Waals surface area contributed by atoms with E-state index < -0.39 is 28.0 Å². The number of rotatable bonds is 7. The van der Waals surface area contributed by atoms with Crippen molar-refractivity contribution in [2.75, 3.05) is 13.1 Å². The van der Waals surface area contributed by atoms with Crippen LogP contribution < -0.4 is 5.73 Å². The first-order valence-electron chi connectivity index (χ1n) is 8.88. The van der Waals surface area contributed by atoms with Gasteiger partial charge >= 0.3 is 5.97 Å². The first-order chi connectivity index (χ1) is 12.3. The Balaban J connectivity index is 1.95. The van der Waals surface area contributed by atoms with E-state index in [1.165, 1.54) is 6.92 Å². The second-order valence-electron chi connectivity index (χ2n) is 6.50. The van der Waals surface area contributed by atoms with Gasteiger partial charge in [0.15, 0.2) is 6.10 Å². The Morgan fingerprint density at radius 3 is 2.23 bits per heavy atom. The lowest BCUT2D eigenvalue weighted by atomic mass is 10.1. The molecule has 2 rings (SSSR count). The van der Waals surface area contributed by atoms with Crippen LogP contribution in [0, 0.1) is 0 Å². The van der Waals surface area contributed by atoms with E-state index in [1.807, 2.05) is 0 Å². The molecule has 0 aromatic heterocycles. The molecule has 2 N–H and O–H groups in total. The van der Waals surface area contributed by atoms with E-state index in [9.17, 15) is 18.0 Å². The van der Waals surface area contributed by atoms with Gasteiger partial charge in [0, 0.05) is 19.5 Å². The zero-order valence-electron chi connectivity index (χ0n) is 15.0. The first kappa shape index (κ1) is 20.4. The summed E-state index contributed by atoms with van der Waals surface area (Å²) in [6.45, 7) is 2.55. The van der Waals surface area contributed by atoms with Crippen molar-refractivity contribution < 1.29 is 22.7 Å². The van der Waals surface area contributed by atoms with Crippen LogP contribution >= 0.6 is 0 Å². The van der Waals surface area contributed by atoms with Crippen molar-refractivity contribution in [3.8, 4) is 0 Å². The normalized spacial score (nSPS) is 17.3. The Morgan fingerprint density at radius 2 is 1.69 bits per heavy atom. The minimum absolute atomic E-state index is 0.0931. The summed E-state index contributed by atoms with van der Waals surface area (Å²) in [5, 5.41) is 0. The van der Waals surface area contributed by atoms with Crippen molar-refractivity contribution in [1.82, 2.24) is 4.31 Å². The molecular formula is C18H26N2O5S. The fraction of sp³-hybridized carbons (Fsp3) is 0.556. The molecule has 1 aromatic carbocycles. The molecule has 1 aliphatic rings. The van der Waals surface area contributed by atoms with Gasteiger partial charge in [-0.25, -0.2) is 8.42 Å². The molecule has 1 heterocycles. The van der Waals surface area contributed by atoms with Gasteiger partial charge in [0.2, 0.25) is 10.0 Å². The standard InChI is InChI=1S/C18H26N2O5S/c1-14(18(19)22)25-17(21)11-8-15-6-9-16(10-7-15)26(23,24)20-12-4-2-3-5-13-20/h6-7,9-10,14H,2-5,8,11-13H2,1H3,(H2,19,22). The molecule has 1 amide bonds. The fourth-order valence-corrected chi connectivity index (χ4v) is 4.34. The van der Waals surface area contributed by atoms with E-state index in [2.05, 4.69) is 0 Å². The van der Waals surface area contributed by atoms with E-state index >= 15 is 0 Å². The number of benzene rings is 1. The van der Waals surface area contributed by atoms with Crippen LogP contribution in [-0.2, 0) is 30.8 Å². The molecule has 0 aliphatic carbocycles. The minimum Gasteiger partial charge on any atom is -0.453 e. The number of nitrogens with zero attached hydrogens (tertiary/aromatic N) is 1. The third kappa shape index (κ3) is 5.54. The Bertz CT molecular complexity index is 722. The summed E-state index contributed by atoms with van der Waals surface area (Å²) in [4.78, 5) is 22.8. The lowest BCUT2D eigenvalue weighted by Gasteiger charge is -2.20. The number of amides is 1. The molecule has 0 spiro atoms. The molecule has 1 atom stereocenters. The molecule has 0 bridgehead atoms. The number of primary amides is 1. The van der Waals surface area contributed by atoms with Crippen LogP contribution in [0.5, 0.6) is 0 Å². The maximum Gasteiger partial charge on any atom is 0.306 e. The van der Waals surface area contributed by atoms with Crippen molar-refractivity contribution in [1.29, 1.82) is 0 Å². The lowest BCUT2D eigenvalue weighted by molar-refractivity contribution is -0.153. The fourth-order valence-electron chi connectivity index (χ4n) is 2.82. The number of carbonyl (C=O) groups excluding carboxylic acids is 2. The maximum absolute atomic E-state index is 12.7. The lowest BCUT2D eigenvalue weighted by Crippen LogP contribution is -2.31. The number of ether oxygens (including phenoxy) is 1. The second kappa shape index (κ2) is 9.14. The van der Waals surface area contributed by atoms with Crippen LogP contribution in [0.2, 0.25) is 0 Å². The Kier molecular flexibility index (Phi) is 7.16. The predicted octanol–water partition coefficient (Wildman–Crippen LogP) is 1.60. The maximum atomic E-state index is 12.7. The topological polar surface area (TPSA) is 107 Å². The van der Waals surface area contributed by atoms with Gasteiger partial charge in [-0.3, -0.25) is 9.59 Å². The predicted molar refractivity (Wildman–Crippen MR) is 96.7 cm³/mol. The SMILES string of the molecule is CC(OC(=O)CCc1ccc(S(=O)(=O)N2CCCCCC2)cc1)C(N)=O. The summed E-state index contributed by atoms with van der Waals surface area (Å²) in [5.41, 5.74) is 5.87.